The number of hydrogen-bond acceptors (Lipinski definition) is 2. The minimum atomic E-state index is -3.29. The molecule has 0 aliphatic rings. The molecule has 0 fully saturated rings. The molecule has 0 N–H and O–H groups in total. The van der Waals surface area contributed by atoms with Gasteiger partial charge in [0.05, 0.1) is 4.90 Å². The van der Waals surface area contributed by atoms with E-state index in [4.69, 9.17) is 0 Å². The normalized spacial score (nSPS) is 12.0. The minimum absolute atomic E-state index is 0.321. The molecule has 0 saturated heterocycles. The van der Waals surface area contributed by atoms with Crippen LogP contribution in [-0.2, 0) is 10.0 Å². The maximum absolute atomic E-state index is 11.6. The van der Waals surface area contributed by atoms with Gasteiger partial charge in [-0.3, -0.25) is 0 Å². The van der Waals surface area contributed by atoms with E-state index in [0.717, 1.165) is 6.30 Å². The maximum atomic E-state index is 11.6. The van der Waals surface area contributed by atoms with E-state index in [1.807, 2.05) is 6.92 Å². The highest BCUT2D eigenvalue weighted by Crippen LogP contribution is 2.23. The lowest BCUT2D eigenvalue weighted by atomic mass is 10.2. The lowest BCUT2D eigenvalue weighted by Gasteiger charge is -2.06. The molecule has 0 aliphatic carbocycles. The molecule has 0 aliphatic heterocycles. The average molecular weight is 423 g/mol. The second-order valence-electron chi connectivity index (χ2n) is 2.49. The fourth-order valence-electron chi connectivity index (χ4n) is 0.790. The molecule has 3 nitrogen and oxygen atoms in total. The van der Waals surface area contributed by atoms with Gasteiger partial charge in [0.15, 0.2) is 0 Å². The first-order valence-corrected chi connectivity index (χ1v) is 6.75. The van der Waals surface area contributed by atoms with Crippen molar-refractivity contribution in [3.05, 3.63) is 29.8 Å². The van der Waals surface area contributed by atoms with Crippen molar-refractivity contribution in [3.63, 3.8) is 0 Å². The predicted octanol–water partition coefficient (Wildman–Crippen LogP) is 2.69. The van der Waals surface area contributed by atoms with Crippen molar-refractivity contribution in [2.24, 2.45) is 0 Å². The number of nitrogens with zero attached hydrogens (tertiary/aromatic N) is 1. The monoisotopic (exact) mass is 423 g/mol. The first-order valence-electron chi connectivity index (χ1n) is 3.38. The Morgan fingerprint density at radius 3 is 2.00 bits per heavy atom. The number of hydrogen-bond donors (Lipinski definition) is 0. The quantitative estimate of drug-likeness (QED) is 0.542. The molecule has 0 amide bonds. The fraction of sp³-hybridized carbons (Fsp3) is 0.143. The van der Waals surface area contributed by atoms with E-state index in [1.54, 1.807) is 70.0 Å². The molecule has 6 heteroatoms. The Morgan fingerprint density at radius 1 is 1.15 bits per heavy atom. The van der Waals surface area contributed by atoms with Crippen molar-refractivity contribution in [3.8, 4) is 0 Å². The summed E-state index contributed by atoms with van der Waals surface area (Å²) in [6.45, 7) is 1.92. The number of benzene rings is 1. The van der Waals surface area contributed by atoms with Gasteiger partial charge < -0.3 is 0 Å². The minimum Gasteiger partial charge on any atom is -0.205 e. The summed E-state index contributed by atoms with van der Waals surface area (Å²) in [6.07, 6.45) is 0. The molecule has 13 heavy (non-hydrogen) atoms. The molecule has 0 bridgehead atoms. The van der Waals surface area contributed by atoms with Gasteiger partial charge in [-0.2, -0.15) is 0 Å². The SMILES string of the molecule is Cc1ccc(S(=O)(=O)N(I)I)cc1. The molecular weight excluding hydrogens is 416 g/mol. The topological polar surface area (TPSA) is 37.4 Å². The molecule has 0 radical (unpaired) electrons. The van der Waals surface area contributed by atoms with Crippen LogP contribution in [0.1, 0.15) is 5.56 Å². The summed E-state index contributed by atoms with van der Waals surface area (Å²) < 4.78 is 24.3. The van der Waals surface area contributed by atoms with Crippen LogP contribution in [0, 0.1) is 6.92 Å². The smallest absolute Gasteiger partial charge is 0.205 e. The highest BCUT2D eigenvalue weighted by molar-refractivity contribution is 14.2. The van der Waals surface area contributed by atoms with Gasteiger partial charge in [0.1, 0.15) is 0 Å². The summed E-state index contributed by atoms with van der Waals surface area (Å²) in [5.41, 5.74) is 1.05. The van der Waals surface area contributed by atoms with Gasteiger partial charge >= 0.3 is 0 Å². The van der Waals surface area contributed by atoms with Gasteiger partial charge in [-0.1, -0.05) is 18.4 Å². The van der Waals surface area contributed by atoms with E-state index >= 15 is 0 Å². The van der Waals surface area contributed by atoms with E-state index in [-0.39, 0.29) is 0 Å². The average Bonchev–Trinajstić information content (AvgIpc) is 2.04. The van der Waals surface area contributed by atoms with E-state index in [2.05, 4.69) is 0 Å². The van der Waals surface area contributed by atoms with Gasteiger partial charge in [0, 0.05) is 45.7 Å². The Hall–Kier alpha value is 0.590. The zero-order valence-electron chi connectivity index (χ0n) is 6.74. The molecule has 1 aromatic carbocycles. The zero-order chi connectivity index (χ0) is 10.1. The highest BCUT2D eigenvalue weighted by Gasteiger charge is 2.19. The summed E-state index contributed by atoms with van der Waals surface area (Å²) in [4.78, 5) is 0.321. The standard InChI is InChI=1S/C7H7I2NO2S/c1-6-2-4-7(5-3-6)13(11,12)10(8)9/h2-5H,1H3. The van der Waals surface area contributed by atoms with Crippen molar-refractivity contribution in [2.75, 3.05) is 0 Å². The third-order valence-electron chi connectivity index (χ3n) is 1.50. The predicted molar refractivity (Wildman–Crippen MR) is 68.2 cm³/mol. The first-order chi connectivity index (χ1) is 5.94. The van der Waals surface area contributed by atoms with Gasteiger partial charge in [0.25, 0.3) is 10.0 Å². The molecule has 0 saturated carbocycles. The maximum Gasteiger partial charge on any atom is 0.260 e. The molecule has 0 unspecified atom stereocenters. The van der Waals surface area contributed by atoms with Crippen molar-refractivity contribution in [1.82, 2.24) is 0.732 Å². The summed E-state index contributed by atoms with van der Waals surface area (Å²) in [6, 6.07) is 6.78. The number of rotatable bonds is 2. The van der Waals surface area contributed by atoms with Crippen LogP contribution >= 0.6 is 45.7 Å². The third kappa shape index (κ3) is 2.77. The molecular formula is C7H7I2NO2S. The number of sulfonamides is 1. The molecule has 72 valence electrons. The van der Waals surface area contributed by atoms with Crippen molar-refractivity contribution in [2.45, 2.75) is 11.8 Å². The summed E-state index contributed by atoms with van der Waals surface area (Å²) >= 11 is 3.46. The summed E-state index contributed by atoms with van der Waals surface area (Å²) in [7, 11) is -3.29. The van der Waals surface area contributed by atoms with Crippen LogP contribution < -0.4 is 0 Å². The largest absolute Gasteiger partial charge is 0.260 e. The Morgan fingerprint density at radius 2 is 1.62 bits per heavy atom. The molecule has 0 spiro atoms. The van der Waals surface area contributed by atoms with E-state index in [0.29, 0.717) is 4.90 Å². The number of halogens is 2. The van der Waals surface area contributed by atoms with Crippen LogP contribution in [0.25, 0.3) is 0 Å². The Balaban J connectivity index is 3.17. The van der Waals surface area contributed by atoms with Crippen LogP contribution in [-0.4, -0.2) is 9.15 Å². The lowest BCUT2D eigenvalue weighted by molar-refractivity contribution is 0.588. The lowest BCUT2D eigenvalue weighted by Crippen LogP contribution is -2.10. The number of aryl methyl sites for hydroxylation is 1. The summed E-state index contributed by atoms with van der Waals surface area (Å²) in [5, 5.41) is 0. The van der Waals surface area contributed by atoms with Crippen molar-refractivity contribution < 1.29 is 8.42 Å². The van der Waals surface area contributed by atoms with Gasteiger partial charge in [-0.15, -0.1) is 0 Å². The zero-order valence-corrected chi connectivity index (χ0v) is 11.9. The first kappa shape index (κ1) is 11.7. The van der Waals surface area contributed by atoms with Crippen molar-refractivity contribution in [1.29, 1.82) is 0 Å². The fourth-order valence-corrected chi connectivity index (χ4v) is 2.79. The second-order valence-corrected chi connectivity index (χ2v) is 9.36. The van der Waals surface area contributed by atoms with E-state index in [1.165, 1.54) is 0 Å². The Bertz CT molecular complexity index is 385. The van der Waals surface area contributed by atoms with Crippen molar-refractivity contribution >= 4 is 55.8 Å². The second kappa shape index (κ2) is 4.41. The van der Waals surface area contributed by atoms with E-state index < -0.39 is 10.0 Å². The van der Waals surface area contributed by atoms with Gasteiger partial charge in [-0.25, -0.2) is 8.42 Å². The van der Waals surface area contributed by atoms with Crippen LogP contribution in [0.3, 0.4) is 0 Å². The Labute approximate surface area is 106 Å². The van der Waals surface area contributed by atoms with Crippen LogP contribution in [0.5, 0.6) is 0 Å². The van der Waals surface area contributed by atoms with Gasteiger partial charge in [-0.05, 0) is 19.1 Å². The highest BCUT2D eigenvalue weighted by atomic mass is 127. The van der Waals surface area contributed by atoms with Gasteiger partial charge in [0.2, 0.25) is 0 Å². The molecule has 1 aromatic rings. The third-order valence-corrected chi connectivity index (χ3v) is 5.84. The summed E-state index contributed by atoms with van der Waals surface area (Å²) in [5.74, 6) is 0. The van der Waals surface area contributed by atoms with Crippen LogP contribution in [0.15, 0.2) is 29.2 Å². The van der Waals surface area contributed by atoms with Crippen LogP contribution in [0.4, 0.5) is 0 Å². The Kier molecular flexibility index (Phi) is 3.95. The van der Waals surface area contributed by atoms with Crippen LogP contribution in [0.2, 0.25) is 0 Å². The molecule has 0 aromatic heterocycles. The molecule has 1 rings (SSSR count). The van der Waals surface area contributed by atoms with E-state index in [9.17, 15) is 8.42 Å². The molecule has 0 atom stereocenters. The molecule has 0 heterocycles.